The smallest absolute Gasteiger partial charge is 0.421 e. The van der Waals surface area contributed by atoms with Crippen LogP contribution >= 0.6 is 0 Å². The Kier molecular flexibility index (Phi) is 6.22. The second kappa shape index (κ2) is 8.00. The summed E-state index contributed by atoms with van der Waals surface area (Å²) in [6.45, 7) is 3.96. The molecule has 1 atom stereocenters. The summed E-state index contributed by atoms with van der Waals surface area (Å²) in [7, 11) is -3.79. The monoisotopic (exact) mass is 374 g/mol. The van der Waals surface area contributed by atoms with E-state index >= 15 is 0 Å². The fourth-order valence-corrected chi connectivity index (χ4v) is 3.62. The molecule has 10 heteroatoms. The van der Waals surface area contributed by atoms with Crippen LogP contribution in [0.2, 0.25) is 0 Å². The van der Waals surface area contributed by atoms with Crippen molar-refractivity contribution in [2.45, 2.75) is 31.5 Å². The minimum Gasteiger partial charge on any atom is -0.464 e. The Balaban J connectivity index is 2.02. The van der Waals surface area contributed by atoms with Crippen molar-refractivity contribution in [3.63, 3.8) is 0 Å². The minimum atomic E-state index is -3.79. The lowest BCUT2D eigenvalue weighted by atomic mass is 10.2. The standard InChI is InChI=1S/C15H22N2O7S/c1-10(2)6-16-17(15(19)20)7-12(18)9-25(21,22)13-3-4-14-11(5-13)8-23-24-14/h3-5,10,12,16,18H,6-9H2,1-2H3,(H,19,20). The van der Waals surface area contributed by atoms with E-state index in [1.807, 2.05) is 13.8 Å². The molecule has 0 fully saturated rings. The number of hydrogen-bond acceptors (Lipinski definition) is 7. The molecule has 2 rings (SSSR count). The number of sulfone groups is 1. The maximum Gasteiger partial charge on any atom is 0.421 e. The molecular formula is C15H22N2O7S. The minimum absolute atomic E-state index is 0.0245. The fraction of sp³-hybridized carbons (Fsp3) is 0.533. The molecule has 0 aromatic heterocycles. The molecule has 1 aliphatic heterocycles. The van der Waals surface area contributed by atoms with Gasteiger partial charge < -0.3 is 15.1 Å². The van der Waals surface area contributed by atoms with E-state index < -0.39 is 27.8 Å². The summed E-state index contributed by atoms with van der Waals surface area (Å²) in [6, 6.07) is 4.27. The molecule has 0 radical (unpaired) electrons. The van der Waals surface area contributed by atoms with Gasteiger partial charge in [-0.3, -0.25) is 0 Å². The normalized spacial score (nSPS) is 14.9. The van der Waals surface area contributed by atoms with Crippen molar-refractivity contribution in [1.82, 2.24) is 10.4 Å². The van der Waals surface area contributed by atoms with Gasteiger partial charge in [-0.1, -0.05) is 13.8 Å². The van der Waals surface area contributed by atoms with Crippen LogP contribution in [-0.4, -0.2) is 54.7 Å². The van der Waals surface area contributed by atoms with Crippen molar-refractivity contribution in [3.05, 3.63) is 23.8 Å². The van der Waals surface area contributed by atoms with Crippen LogP contribution in [0.5, 0.6) is 5.75 Å². The van der Waals surface area contributed by atoms with Gasteiger partial charge in [0.25, 0.3) is 0 Å². The van der Waals surface area contributed by atoms with E-state index in [0.717, 1.165) is 5.01 Å². The zero-order valence-corrected chi connectivity index (χ0v) is 14.8. The maximum atomic E-state index is 12.4. The predicted molar refractivity (Wildman–Crippen MR) is 87.5 cm³/mol. The number of fused-ring (bicyclic) bond motifs is 1. The Morgan fingerprint density at radius 3 is 2.76 bits per heavy atom. The van der Waals surface area contributed by atoms with Gasteiger partial charge in [0.15, 0.2) is 15.6 Å². The van der Waals surface area contributed by atoms with Gasteiger partial charge in [0.2, 0.25) is 0 Å². The van der Waals surface area contributed by atoms with E-state index in [0.29, 0.717) is 17.9 Å². The summed E-state index contributed by atoms with van der Waals surface area (Å²) in [6.07, 6.45) is -2.66. The van der Waals surface area contributed by atoms with E-state index in [1.165, 1.54) is 18.2 Å². The van der Waals surface area contributed by atoms with Crippen LogP contribution in [0.25, 0.3) is 0 Å². The Bertz CT molecular complexity index is 721. The number of hydrazine groups is 1. The number of carboxylic acid groups (broad SMARTS) is 1. The first-order valence-electron chi connectivity index (χ1n) is 7.76. The summed E-state index contributed by atoms with van der Waals surface area (Å²) in [5.74, 6) is 0.0497. The van der Waals surface area contributed by atoms with Crippen molar-refractivity contribution >= 4 is 15.9 Å². The van der Waals surface area contributed by atoms with Gasteiger partial charge in [-0.2, -0.15) is 4.89 Å². The molecular weight excluding hydrogens is 352 g/mol. The SMILES string of the molecule is CC(C)CNN(CC(O)CS(=O)(=O)c1ccc2c(c1)COO2)C(=O)O. The molecule has 0 spiro atoms. The second-order valence-corrected chi connectivity index (χ2v) is 8.23. The van der Waals surface area contributed by atoms with E-state index in [9.17, 15) is 18.3 Å². The first kappa shape index (κ1) is 19.4. The second-order valence-electron chi connectivity index (χ2n) is 6.20. The number of nitrogens with one attached hydrogen (secondary N) is 1. The fourth-order valence-electron chi connectivity index (χ4n) is 2.22. The maximum absolute atomic E-state index is 12.4. The number of amides is 1. The van der Waals surface area contributed by atoms with Crippen LogP contribution in [0.1, 0.15) is 19.4 Å². The topological polar surface area (TPSA) is 125 Å². The van der Waals surface area contributed by atoms with E-state index in [4.69, 9.17) is 14.9 Å². The van der Waals surface area contributed by atoms with Crippen LogP contribution in [0.4, 0.5) is 4.79 Å². The third kappa shape index (κ3) is 5.30. The largest absolute Gasteiger partial charge is 0.464 e. The summed E-state index contributed by atoms with van der Waals surface area (Å²) in [4.78, 5) is 20.8. The van der Waals surface area contributed by atoms with Crippen LogP contribution in [-0.2, 0) is 21.3 Å². The number of aliphatic hydroxyl groups excluding tert-OH is 1. The Morgan fingerprint density at radius 2 is 2.12 bits per heavy atom. The number of hydrogen-bond donors (Lipinski definition) is 3. The first-order chi connectivity index (χ1) is 11.7. The average molecular weight is 374 g/mol. The quantitative estimate of drug-likeness (QED) is 0.450. The molecule has 140 valence electrons. The Hall–Kier alpha value is -1.88. The number of benzene rings is 1. The van der Waals surface area contributed by atoms with E-state index in [2.05, 4.69) is 5.43 Å². The third-order valence-electron chi connectivity index (χ3n) is 3.48. The number of rotatable bonds is 8. The molecule has 9 nitrogen and oxygen atoms in total. The molecule has 0 bridgehead atoms. The van der Waals surface area contributed by atoms with Gasteiger partial charge in [-0.15, -0.1) is 0 Å². The highest BCUT2D eigenvalue weighted by molar-refractivity contribution is 7.91. The lowest BCUT2D eigenvalue weighted by Gasteiger charge is -2.24. The van der Waals surface area contributed by atoms with Crippen molar-refractivity contribution < 1.29 is 33.2 Å². The third-order valence-corrected chi connectivity index (χ3v) is 5.28. The molecule has 0 saturated heterocycles. The Labute approximate surface area is 146 Å². The lowest BCUT2D eigenvalue weighted by molar-refractivity contribution is -0.194. The highest BCUT2D eigenvalue weighted by Gasteiger charge is 2.25. The summed E-state index contributed by atoms with van der Waals surface area (Å²) < 4.78 is 24.9. The molecule has 1 aromatic carbocycles. The molecule has 1 amide bonds. The number of carbonyl (C=O) groups is 1. The van der Waals surface area contributed by atoms with Gasteiger partial charge in [0.1, 0.15) is 6.61 Å². The number of nitrogens with zero attached hydrogens (tertiary/aromatic N) is 1. The molecule has 0 aliphatic carbocycles. The predicted octanol–water partition coefficient (Wildman–Crippen LogP) is 0.786. The Morgan fingerprint density at radius 1 is 1.40 bits per heavy atom. The average Bonchev–Trinajstić information content (AvgIpc) is 2.97. The van der Waals surface area contributed by atoms with Crippen LogP contribution < -0.4 is 10.3 Å². The van der Waals surface area contributed by atoms with Crippen molar-refractivity contribution in [2.75, 3.05) is 18.8 Å². The first-order valence-corrected chi connectivity index (χ1v) is 9.41. The molecule has 1 aromatic rings. The van der Waals surface area contributed by atoms with Crippen molar-refractivity contribution in [3.8, 4) is 5.75 Å². The summed E-state index contributed by atoms with van der Waals surface area (Å²) >= 11 is 0. The van der Waals surface area contributed by atoms with Gasteiger partial charge in [0.05, 0.1) is 23.3 Å². The van der Waals surface area contributed by atoms with E-state index in [-0.39, 0.29) is 24.0 Å². The molecule has 25 heavy (non-hydrogen) atoms. The lowest BCUT2D eigenvalue weighted by Crippen LogP contribution is -2.48. The molecule has 1 aliphatic rings. The van der Waals surface area contributed by atoms with Gasteiger partial charge in [0, 0.05) is 12.1 Å². The molecule has 0 saturated carbocycles. The summed E-state index contributed by atoms with van der Waals surface area (Å²) in [5.41, 5.74) is 3.25. The van der Waals surface area contributed by atoms with Gasteiger partial charge >= 0.3 is 6.09 Å². The van der Waals surface area contributed by atoms with Crippen LogP contribution in [0, 0.1) is 5.92 Å². The van der Waals surface area contributed by atoms with Crippen LogP contribution in [0.15, 0.2) is 23.1 Å². The zero-order valence-electron chi connectivity index (χ0n) is 14.0. The highest BCUT2D eigenvalue weighted by atomic mass is 32.2. The van der Waals surface area contributed by atoms with Crippen molar-refractivity contribution in [2.24, 2.45) is 5.92 Å². The van der Waals surface area contributed by atoms with E-state index in [1.54, 1.807) is 0 Å². The van der Waals surface area contributed by atoms with Gasteiger partial charge in [-0.25, -0.2) is 23.6 Å². The zero-order chi connectivity index (χ0) is 18.6. The number of aliphatic hydroxyl groups is 1. The summed E-state index contributed by atoms with van der Waals surface area (Å²) in [5, 5.41) is 20.0. The van der Waals surface area contributed by atoms with Gasteiger partial charge in [-0.05, 0) is 24.1 Å². The van der Waals surface area contributed by atoms with Crippen LogP contribution in [0.3, 0.4) is 0 Å². The molecule has 3 N–H and O–H groups in total. The molecule has 1 unspecified atom stereocenters. The molecule has 1 heterocycles. The highest BCUT2D eigenvalue weighted by Crippen LogP contribution is 2.28. The van der Waals surface area contributed by atoms with Crippen molar-refractivity contribution in [1.29, 1.82) is 0 Å².